The van der Waals surface area contributed by atoms with E-state index in [1.165, 1.54) is 0 Å². The number of nitrogens with zero attached hydrogens (tertiary/aromatic N) is 1. The second kappa shape index (κ2) is 7.25. The van der Waals surface area contributed by atoms with Crippen LogP contribution in [0.3, 0.4) is 0 Å². The second-order valence-corrected chi connectivity index (χ2v) is 10.3. The zero-order valence-corrected chi connectivity index (χ0v) is 15.6. The maximum atomic E-state index is 13.8. The SMILES string of the molecule is O=S(=O)(c1ccc(F)cc1)C1CCN(S(=O)(=O)c2c(F)cccc2F)CC1. The molecule has 0 saturated carbocycles. The van der Waals surface area contributed by atoms with Gasteiger partial charge in [-0.2, -0.15) is 4.31 Å². The van der Waals surface area contributed by atoms with Crippen molar-refractivity contribution in [2.75, 3.05) is 13.1 Å². The van der Waals surface area contributed by atoms with Crippen LogP contribution in [0.15, 0.2) is 52.3 Å². The van der Waals surface area contributed by atoms with E-state index >= 15 is 0 Å². The van der Waals surface area contributed by atoms with Crippen LogP contribution < -0.4 is 0 Å². The normalized spacial score (nSPS) is 17.1. The Bertz CT molecular complexity index is 1030. The third-order valence-electron chi connectivity index (χ3n) is 4.50. The Balaban J connectivity index is 1.80. The number of halogens is 3. The number of sulfonamides is 1. The van der Waals surface area contributed by atoms with Gasteiger partial charge in [-0.3, -0.25) is 0 Å². The molecule has 0 N–H and O–H groups in total. The van der Waals surface area contributed by atoms with Gasteiger partial charge in [0.05, 0.1) is 10.1 Å². The molecule has 1 saturated heterocycles. The first-order valence-electron chi connectivity index (χ1n) is 8.07. The van der Waals surface area contributed by atoms with Crippen LogP contribution in [-0.4, -0.2) is 39.5 Å². The van der Waals surface area contributed by atoms with Gasteiger partial charge < -0.3 is 0 Å². The van der Waals surface area contributed by atoms with Crippen molar-refractivity contribution in [3.05, 3.63) is 59.9 Å². The van der Waals surface area contributed by atoms with Gasteiger partial charge in [0.2, 0.25) is 10.0 Å². The van der Waals surface area contributed by atoms with Crippen molar-refractivity contribution in [3.63, 3.8) is 0 Å². The minimum Gasteiger partial charge on any atom is -0.223 e. The highest BCUT2D eigenvalue weighted by molar-refractivity contribution is 7.92. The molecular weight excluding hydrogens is 403 g/mol. The molecule has 10 heteroatoms. The van der Waals surface area contributed by atoms with Crippen molar-refractivity contribution in [1.29, 1.82) is 0 Å². The van der Waals surface area contributed by atoms with E-state index in [1.807, 2.05) is 0 Å². The quantitative estimate of drug-likeness (QED) is 0.715. The van der Waals surface area contributed by atoms with E-state index in [2.05, 4.69) is 0 Å². The van der Waals surface area contributed by atoms with Gasteiger partial charge in [-0.25, -0.2) is 30.0 Å². The molecule has 3 rings (SSSR count). The fourth-order valence-electron chi connectivity index (χ4n) is 3.06. The molecule has 27 heavy (non-hydrogen) atoms. The summed E-state index contributed by atoms with van der Waals surface area (Å²) in [6.07, 6.45) is -0.0655. The predicted molar refractivity (Wildman–Crippen MR) is 91.7 cm³/mol. The topological polar surface area (TPSA) is 71.5 Å². The monoisotopic (exact) mass is 419 g/mol. The first kappa shape index (κ1) is 19.8. The molecule has 1 aliphatic rings. The lowest BCUT2D eigenvalue weighted by Gasteiger charge is -2.31. The summed E-state index contributed by atoms with van der Waals surface area (Å²) >= 11 is 0. The van der Waals surface area contributed by atoms with Gasteiger partial charge >= 0.3 is 0 Å². The average Bonchev–Trinajstić information content (AvgIpc) is 2.62. The number of rotatable bonds is 4. The van der Waals surface area contributed by atoms with Gasteiger partial charge in [-0.05, 0) is 49.2 Å². The lowest BCUT2D eigenvalue weighted by atomic mass is 10.2. The van der Waals surface area contributed by atoms with Gasteiger partial charge in [-0.1, -0.05) is 6.07 Å². The highest BCUT2D eigenvalue weighted by atomic mass is 32.2. The summed E-state index contributed by atoms with van der Waals surface area (Å²) in [5, 5.41) is -0.861. The van der Waals surface area contributed by atoms with Crippen LogP contribution in [0.25, 0.3) is 0 Å². The zero-order chi connectivity index (χ0) is 19.8. The van der Waals surface area contributed by atoms with Crippen LogP contribution >= 0.6 is 0 Å². The van der Waals surface area contributed by atoms with E-state index in [4.69, 9.17) is 0 Å². The van der Waals surface area contributed by atoms with Crippen LogP contribution in [0.5, 0.6) is 0 Å². The number of piperidine rings is 1. The highest BCUT2D eigenvalue weighted by Gasteiger charge is 2.37. The lowest BCUT2D eigenvalue weighted by Crippen LogP contribution is -2.42. The Morgan fingerprint density at radius 3 is 1.85 bits per heavy atom. The van der Waals surface area contributed by atoms with Gasteiger partial charge in [0.25, 0.3) is 0 Å². The van der Waals surface area contributed by atoms with E-state index in [0.717, 1.165) is 46.8 Å². The van der Waals surface area contributed by atoms with Crippen LogP contribution in [-0.2, 0) is 19.9 Å². The fourth-order valence-corrected chi connectivity index (χ4v) is 6.37. The van der Waals surface area contributed by atoms with E-state index in [1.54, 1.807) is 0 Å². The molecule has 0 amide bonds. The Morgan fingerprint density at radius 1 is 0.815 bits per heavy atom. The van der Waals surface area contributed by atoms with Crippen molar-refractivity contribution in [2.24, 2.45) is 0 Å². The maximum Gasteiger partial charge on any atom is 0.248 e. The molecule has 0 aliphatic carbocycles. The summed E-state index contributed by atoms with van der Waals surface area (Å²) in [7, 11) is -8.19. The highest BCUT2D eigenvalue weighted by Crippen LogP contribution is 2.29. The molecule has 146 valence electrons. The maximum absolute atomic E-state index is 13.8. The molecule has 0 spiro atoms. The molecule has 2 aromatic rings. The number of sulfone groups is 1. The third-order valence-corrected chi connectivity index (χ3v) is 8.73. The number of benzene rings is 2. The first-order valence-corrected chi connectivity index (χ1v) is 11.1. The molecule has 1 aliphatic heterocycles. The van der Waals surface area contributed by atoms with Crippen molar-refractivity contribution in [3.8, 4) is 0 Å². The summed E-state index contributed by atoms with van der Waals surface area (Å²) in [5.41, 5.74) is 0. The average molecular weight is 419 g/mol. The Morgan fingerprint density at radius 2 is 1.33 bits per heavy atom. The van der Waals surface area contributed by atoms with Gasteiger partial charge in [0, 0.05) is 13.1 Å². The third kappa shape index (κ3) is 3.74. The van der Waals surface area contributed by atoms with Crippen molar-refractivity contribution in [2.45, 2.75) is 27.9 Å². The van der Waals surface area contributed by atoms with Crippen LogP contribution in [0, 0.1) is 17.5 Å². The summed E-state index contributed by atoms with van der Waals surface area (Å²) in [4.78, 5) is -1.09. The van der Waals surface area contributed by atoms with Crippen LogP contribution in [0.4, 0.5) is 13.2 Å². The molecule has 0 aromatic heterocycles. The number of hydrogen-bond donors (Lipinski definition) is 0. The van der Waals surface area contributed by atoms with Gasteiger partial charge in [0.15, 0.2) is 14.7 Å². The molecule has 5 nitrogen and oxygen atoms in total. The second-order valence-electron chi connectivity index (χ2n) is 6.15. The Kier molecular flexibility index (Phi) is 5.33. The molecular formula is C17H16F3NO4S2. The smallest absolute Gasteiger partial charge is 0.223 e. The number of hydrogen-bond acceptors (Lipinski definition) is 4. The lowest BCUT2D eigenvalue weighted by molar-refractivity contribution is 0.341. The first-order chi connectivity index (χ1) is 12.6. The molecule has 1 heterocycles. The van der Waals surface area contributed by atoms with E-state index in [9.17, 15) is 30.0 Å². The molecule has 0 unspecified atom stereocenters. The summed E-state index contributed by atoms with van der Waals surface area (Å²) < 4.78 is 91.9. The van der Waals surface area contributed by atoms with Crippen LogP contribution in [0.1, 0.15) is 12.8 Å². The van der Waals surface area contributed by atoms with Crippen LogP contribution in [0.2, 0.25) is 0 Å². The molecule has 2 aromatic carbocycles. The van der Waals surface area contributed by atoms with Crippen molar-refractivity contribution in [1.82, 2.24) is 4.31 Å². The Hall–Kier alpha value is -1.91. The van der Waals surface area contributed by atoms with Gasteiger partial charge in [-0.15, -0.1) is 0 Å². The Labute approximate surface area is 155 Å². The fraction of sp³-hybridized carbons (Fsp3) is 0.294. The minimum atomic E-state index is -4.42. The molecule has 0 radical (unpaired) electrons. The van der Waals surface area contributed by atoms with E-state index < -0.39 is 47.5 Å². The minimum absolute atomic E-state index is 0.0327. The largest absolute Gasteiger partial charge is 0.248 e. The summed E-state index contributed by atoms with van der Waals surface area (Å²) in [6.45, 7) is -0.387. The summed E-state index contributed by atoms with van der Waals surface area (Å²) in [6, 6.07) is 7.14. The standard InChI is InChI=1S/C17H16F3NO4S2/c18-12-4-6-13(7-5-12)26(22,23)14-8-10-21(11-9-14)27(24,25)17-15(19)2-1-3-16(17)20/h1-7,14H,8-11H2. The van der Waals surface area contributed by atoms with Crippen molar-refractivity contribution < 1.29 is 30.0 Å². The van der Waals surface area contributed by atoms with Crippen molar-refractivity contribution >= 4 is 19.9 Å². The predicted octanol–water partition coefficient (Wildman–Crippen LogP) is 2.73. The molecule has 1 fully saturated rings. The van der Waals surface area contributed by atoms with E-state index in [0.29, 0.717) is 0 Å². The molecule has 0 atom stereocenters. The summed E-state index contributed by atoms with van der Waals surface area (Å²) in [5.74, 6) is -2.96. The van der Waals surface area contributed by atoms with Gasteiger partial charge in [0.1, 0.15) is 17.5 Å². The zero-order valence-electron chi connectivity index (χ0n) is 14.0. The van der Waals surface area contributed by atoms with E-state index in [-0.39, 0.29) is 30.8 Å². The molecule has 0 bridgehead atoms.